The molecule has 0 aromatic carbocycles. The molecule has 1 saturated heterocycles. The molecule has 0 spiro atoms. The number of amides is 1. The molecule has 1 aliphatic rings. The van der Waals surface area contributed by atoms with E-state index in [9.17, 15) is 13.2 Å². The van der Waals surface area contributed by atoms with E-state index in [1.165, 1.54) is 16.8 Å². The number of carbonyl (C=O) groups is 1. The van der Waals surface area contributed by atoms with E-state index >= 15 is 0 Å². The van der Waals surface area contributed by atoms with Crippen LogP contribution >= 0.6 is 0 Å². The van der Waals surface area contributed by atoms with Crippen LogP contribution in [0.4, 0.5) is 0 Å². The molecular weight excluding hydrogens is 344 g/mol. The van der Waals surface area contributed by atoms with Crippen LogP contribution in [0.1, 0.15) is 25.5 Å². The number of hydrogen-bond donors (Lipinski definition) is 1. The van der Waals surface area contributed by atoms with Crippen LogP contribution in [0.5, 0.6) is 0 Å². The van der Waals surface area contributed by atoms with Crippen molar-refractivity contribution in [1.82, 2.24) is 19.2 Å². The zero-order valence-electron chi connectivity index (χ0n) is 14.1. The minimum absolute atomic E-state index is 0.0333. The van der Waals surface area contributed by atoms with Gasteiger partial charge in [-0.2, -0.15) is 4.31 Å². The van der Waals surface area contributed by atoms with Crippen molar-refractivity contribution in [3.05, 3.63) is 36.7 Å². The van der Waals surface area contributed by atoms with Gasteiger partial charge in [-0.1, -0.05) is 0 Å². The quantitative estimate of drug-likeness (QED) is 0.829. The summed E-state index contributed by atoms with van der Waals surface area (Å²) in [5.74, 6) is 0.140. The van der Waals surface area contributed by atoms with Crippen LogP contribution in [-0.2, 0) is 27.9 Å². The van der Waals surface area contributed by atoms with Gasteiger partial charge in [0.15, 0.2) is 5.03 Å². The third kappa shape index (κ3) is 3.93. The summed E-state index contributed by atoms with van der Waals surface area (Å²) >= 11 is 0. The maximum Gasteiger partial charge on any atom is 0.262 e. The molecule has 1 aliphatic heterocycles. The van der Waals surface area contributed by atoms with Gasteiger partial charge in [0.05, 0.1) is 25.1 Å². The number of aryl methyl sites for hydroxylation is 1. The van der Waals surface area contributed by atoms with Crippen LogP contribution in [0.2, 0.25) is 0 Å². The van der Waals surface area contributed by atoms with Gasteiger partial charge in [0.1, 0.15) is 5.76 Å². The molecule has 3 rings (SSSR count). The SMILES string of the molecule is CCn1cnc(S(=O)(=O)N2CCC[C@@H](C(=O)NCc3ccco3)C2)c1. The fourth-order valence-electron chi connectivity index (χ4n) is 2.88. The number of piperidine rings is 1. The van der Waals surface area contributed by atoms with E-state index in [4.69, 9.17) is 4.42 Å². The van der Waals surface area contributed by atoms with Gasteiger partial charge < -0.3 is 14.3 Å². The highest BCUT2D eigenvalue weighted by Gasteiger charge is 2.34. The molecule has 0 bridgehead atoms. The monoisotopic (exact) mass is 366 g/mol. The zero-order chi connectivity index (χ0) is 17.9. The molecule has 0 saturated carbocycles. The van der Waals surface area contributed by atoms with E-state index in [1.807, 2.05) is 6.92 Å². The highest BCUT2D eigenvalue weighted by Crippen LogP contribution is 2.23. The standard InChI is InChI=1S/C16H22N4O4S/c1-2-19-11-15(18-12-19)25(22,23)20-7-3-5-13(10-20)16(21)17-9-14-6-4-8-24-14/h4,6,8,11-13H,2-3,5,7,9-10H2,1H3,(H,17,21)/t13-/m1/s1. The number of nitrogens with zero attached hydrogens (tertiary/aromatic N) is 3. The van der Waals surface area contributed by atoms with E-state index in [-0.39, 0.29) is 23.4 Å². The smallest absolute Gasteiger partial charge is 0.262 e. The zero-order valence-corrected chi connectivity index (χ0v) is 14.9. The largest absolute Gasteiger partial charge is 0.467 e. The molecule has 1 atom stereocenters. The minimum atomic E-state index is -3.67. The Balaban J connectivity index is 1.64. The lowest BCUT2D eigenvalue weighted by Crippen LogP contribution is -2.45. The van der Waals surface area contributed by atoms with Crippen molar-refractivity contribution in [3.63, 3.8) is 0 Å². The molecule has 0 radical (unpaired) electrons. The number of sulfonamides is 1. The van der Waals surface area contributed by atoms with Crippen LogP contribution in [-0.4, -0.2) is 41.3 Å². The second-order valence-corrected chi connectivity index (χ2v) is 7.93. The molecule has 2 aromatic heterocycles. The molecule has 9 heteroatoms. The first-order valence-corrected chi connectivity index (χ1v) is 9.76. The van der Waals surface area contributed by atoms with Crippen molar-refractivity contribution < 1.29 is 17.6 Å². The number of imidazole rings is 1. The molecule has 1 amide bonds. The van der Waals surface area contributed by atoms with Crippen molar-refractivity contribution in [3.8, 4) is 0 Å². The van der Waals surface area contributed by atoms with E-state index in [2.05, 4.69) is 10.3 Å². The highest BCUT2D eigenvalue weighted by atomic mass is 32.2. The summed E-state index contributed by atoms with van der Waals surface area (Å²) in [4.78, 5) is 16.4. The van der Waals surface area contributed by atoms with Crippen LogP contribution < -0.4 is 5.32 Å². The second kappa shape index (κ2) is 7.40. The lowest BCUT2D eigenvalue weighted by atomic mass is 9.99. The summed E-state index contributed by atoms with van der Waals surface area (Å²) in [5.41, 5.74) is 0. The number of rotatable bonds is 6. The van der Waals surface area contributed by atoms with Gasteiger partial charge in [-0.3, -0.25) is 4.79 Å². The Morgan fingerprint density at radius 1 is 1.48 bits per heavy atom. The second-order valence-electron chi connectivity index (χ2n) is 6.04. The minimum Gasteiger partial charge on any atom is -0.467 e. The van der Waals surface area contributed by atoms with Gasteiger partial charge >= 0.3 is 0 Å². The summed E-state index contributed by atoms with van der Waals surface area (Å²) in [6.45, 7) is 3.45. The Hall–Kier alpha value is -2.13. The molecular formula is C16H22N4O4S. The van der Waals surface area contributed by atoms with Crippen molar-refractivity contribution in [2.45, 2.75) is 37.9 Å². The Bertz CT molecular complexity index is 813. The molecule has 8 nitrogen and oxygen atoms in total. The Kier molecular flexibility index (Phi) is 5.24. The summed E-state index contributed by atoms with van der Waals surface area (Å²) in [7, 11) is -3.67. The molecule has 25 heavy (non-hydrogen) atoms. The summed E-state index contributed by atoms with van der Waals surface area (Å²) < 4.78 is 33.7. The Morgan fingerprint density at radius 3 is 3.00 bits per heavy atom. The third-order valence-electron chi connectivity index (χ3n) is 4.35. The Labute approximate surface area is 146 Å². The molecule has 136 valence electrons. The molecule has 3 heterocycles. The highest BCUT2D eigenvalue weighted by molar-refractivity contribution is 7.89. The van der Waals surface area contributed by atoms with Gasteiger partial charge in [-0.25, -0.2) is 13.4 Å². The molecule has 1 N–H and O–H groups in total. The van der Waals surface area contributed by atoms with Gasteiger partial charge in [0.25, 0.3) is 10.0 Å². The molecule has 1 fully saturated rings. The van der Waals surface area contributed by atoms with Crippen LogP contribution in [0.25, 0.3) is 0 Å². The van der Waals surface area contributed by atoms with Crippen LogP contribution in [0.3, 0.4) is 0 Å². The Morgan fingerprint density at radius 2 is 2.32 bits per heavy atom. The molecule has 0 aliphatic carbocycles. The average molecular weight is 366 g/mol. The molecule has 2 aromatic rings. The first-order valence-electron chi connectivity index (χ1n) is 8.32. The van der Waals surface area contributed by atoms with Gasteiger partial charge in [-0.15, -0.1) is 0 Å². The van der Waals surface area contributed by atoms with Crippen LogP contribution in [0.15, 0.2) is 40.4 Å². The fourth-order valence-corrected chi connectivity index (χ4v) is 4.34. The van der Waals surface area contributed by atoms with Crippen molar-refractivity contribution in [2.75, 3.05) is 13.1 Å². The predicted octanol–water partition coefficient (Wildman–Crippen LogP) is 1.21. The number of nitrogens with one attached hydrogen (secondary N) is 1. The summed E-state index contributed by atoms with van der Waals surface area (Å²) in [6.07, 6.45) is 5.89. The average Bonchev–Trinajstić information content (AvgIpc) is 3.31. The molecule has 0 unspecified atom stereocenters. The fraction of sp³-hybridized carbons (Fsp3) is 0.500. The maximum absolute atomic E-state index is 12.7. The topological polar surface area (TPSA) is 97.4 Å². The first-order chi connectivity index (χ1) is 12.0. The lowest BCUT2D eigenvalue weighted by Gasteiger charge is -2.30. The number of aromatic nitrogens is 2. The normalized spacial score (nSPS) is 19.0. The van der Waals surface area contributed by atoms with E-state index < -0.39 is 10.0 Å². The third-order valence-corrected chi connectivity index (χ3v) is 6.10. The van der Waals surface area contributed by atoms with E-state index in [0.29, 0.717) is 38.2 Å². The van der Waals surface area contributed by atoms with Crippen molar-refractivity contribution in [2.24, 2.45) is 5.92 Å². The number of carbonyl (C=O) groups excluding carboxylic acids is 1. The summed E-state index contributed by atoms with van der Waals surface area (Å²) in [6, 6.07) is 3.54. The number of hydrogen-bond acceptors (Lipinski definition) is 5. The number of furan rings is 1. The predicted molar refractivity (Wildman–Crippen MR) is 89.9 cm³/mol. The van der Waals surface area contributed by atoms with Gasteiger partial charge in [0, 0.05) is 25.8 Å². The maximum atomic E-state index is 12.7. The van der Waals surface area contributed by atoms with Crippen LogP contribution in [0, 0.1) is 5.92 Å². The van der Waals surface area contributed by atoms with E-state index in [1.54, 1.807) is 23.0 Å². The first kappa shape index (κ1) is 17.7. The lowest BCUT2D eigenvalue weighted by molar-refractivity contribution is -0.126. The van der Waals surface area contributed by atoms with E-state index in [0.717, 1.165) is 0 Å². The van der Waals surface area contributed by atoms with Crippen molar-refractivity contribution in [1.29, 1.82) is 0 Å². The van der Waals surface area contributed by atoms with Gasteiger partial charge in [0.2, 0.25) is 5.91 Å². The van der Waals surface area contributed by atoms with Crippen molar-refractivity contribution >= 4 is 15.9 Å². The summed E-state index contributed by atoms with van der Waals surface area (Å²) in [5, 5.41) is 2.84. The van der Waals surface area contributed by atoms with Gasteiger partial charge in [-0.05, 0) is 31.9 Å².